The van der Waals surface area contributed by atoms with Gasteiger partial charge in [-0.05, 0) is 48.9 Å². The van der Waals surface area contributed by atoms with Gasteiger partial charge in [0.2, 0.25) is 0 Å². The second kappa shape index (κ2) is 4.51. The number of nitrogens with one attached hydrogen (secondary N) is 1. The molecule has 96 valence electrons. The minimum absolute atomic E-state index is 0.520. The third-order valence-electron chi connectivity index (χ3n) is 3.01. The molecule has 0 fully saturated rings. The molecule has 0 aliphatic carbocycles. The quantitative estimate of drug-likeness (QED) is 0.746. The van der Waals surface area contributed by atoms with E-state index in [0.717, 1.165) is 17.1 Å². The zero-order valence-electron chi connectivity index (χ0n) is 10.8. The first-order chi connectivity index (χ1) is 9.13. The molecule has 3 aromatic rings. The van der Waals surface area contributed by atoms with Crippen molar-refractivity contribution in [2.75, 3.05) is 11.1 Å². The van der Waals surface area contributed by atoms with Crippen molar-refractivity contribution in [2.24, 2.45) is 0 Å². The fraction of sp³-hybridized carbons (Fsp3) is 0.143. The van der Waals surface area contributed by atoms with Crippen LogP contribution in [0.1, 0.15) is 11.4 Å². The lowest BCUT2D eigenvalue weighted by Crippen LogP contribution is -2.04. The number of aromatic nitrogens is 2. The number of nitrogen functional groups attached to an aromatic ring is 1. The van der Waals surface area contributed by atoms with E-state index in [1.165, 1.54) is 10.1 Å². The molecule has 5 heteroatoms. The number of rotatable bonds is 2. The summed E-state index contributed by atoms with van der Waals surface area (Å²) in [5.41, 5.74) is 7.74. The molecule has 2 heterocycles. The van der Waals surface area contributed by atoms with Crippen molar-refractivity contribution in [1.29, 1.82) is 0 Å². The molecular formula is C14H14N4S. The Labute approximate surface area is 115 Å². The number of thiophene rings is 1. The summed E-state index contributed by atoms with van der Waals surface area (Å²) in [5, 5.41) is 6.63. The molecule has 0 aliphatic rings. The number of anilines is 3. The maximum absolute atomic E-state index is 5.86. The molecule has 4 nitrogen and oxygen atoms in total. The first-order valence-electron chi connectivity index (χ1n) is 5.98. The number of benzene rings is 1. The Balaban J connectivity index is 2.00. The van der Waals surface area contributed by atoms with Gasteiger partial charge in [0, 0.05) is 16.0 Å². The SMILES string of the molecule is Cc1nc(N)c(C)c(Nc2ccc3sccc3c2)n1. The molecule has 0 spiro atoms. The Hall–Kier alpha value is -2.14. The first kappa shape index (κ1) is 11.9. The summed E-state index contributed by atoms with van der Waals surface area (Å²) < 4.78 is 1.28. The minimum Gasteiger partial charge on any atom is -0.383 e. The van der Waals surface area contributed by atoms with Crippen LogP contribution in [-0.2, 0) is 0 Å². The highest BCUT2D eigenvalue weighted by Gasteiger charge is 2.07. The van der Waals surface area contributed by atoms with E-state index in [1.807, 2.05) is 19.9 Å². The molecule has 2 aromatic heterocycles. The maximum Gasteiger partial charge on any atom is 0.139 e. The lowest BCUT2D eigenvalue weighted by molar-refractivity contribution is 1.04. The van der Waals surface area contributed by atoms with E-state index in [1.54, 1.807) is 11.3 Å². The van der Waals surface area contributed by atoms with Gasteiger partial charge in [-0.15, -0.1) is 11.3 Å². The smallest absolute Gasteiger partial charge is 0.139 e. The van der Waals surface area contributed by atoms with Crippen LogP contribution in [0.2, 0.25) is 0 Å². The summed E-state index contributed by atoms with van der Waals surface area (Å²) in [6.45, 7) is 3.75. The zero-order chi connectivity index (χ0) is 13.4. The van der Waals surface area contributed by atoms with Crippen LogP contribution >= 0.6 is 11.3 Å². The second-order valence-electron chi connectivity index (χ2n) is 4.43. The average molecular weight is 270 g/mol. The van der Waals surface area contributed by atoms with Crippen LogP contribution < -0.4 is 11.1 Å². The molecule has 0 saturated carbocycles. The fourth-order valence-electron chi connectivity index (χ4n) is 1.95. The summed E-state index contributed by atoms with van der Waals surface area (Å²) in [6, 6.07) is 8.37. The summed E-state index contributed by atoms with van der Waals surface area (Å²) in [5.74, 6) is 1.95. The molecule has 0 atom stereocenters. The predicted octanol–water partition coefficient (Wildman–Crippen LogP) is 3.63. The fourth-order valence-corrected chi connectivity index (χ4v) is 2.72. The highest BCUT2D eigenvalue weighted by Crippen LogP contribution is 2.27. The monoisotopic (exact) mass is 270 g/mol. The summed E-state index contributed by atoms with van der Waals surface area (Å²) >= 11 is 1.74. The highest BCUT2D eigenvalue weighted by atomic mass is 32.1. The molecular weight excluding hydrogens is 256 g/mol. The van der Waals surface area contributed by atoms with Crippen LogP contribution in [0.3, 0.4) is 0 Å². The molecule has 19 heavy (non-hydrogen) atoms. The van der Waals surface area contributed by atoms with Crippen molar-refractivity contribution in [3.05, 3.63) is 41.0 Å². The Kier molecular flexibility index (Phi) is 2.83. The van der Waals surface area contributed by atoms with Crippen LogP contribution in [0.15, 0.2) is 29.6 Å². The Bertz CT molecular complexity index is 748. The molecule has 0 aliphatic heterocycles. The van der Waals surface area contributed by atoms with Crippen LogP contribution in [0.25, 0.3) is 10.1 Å². The van der Waals surface area contributed by atoms with E-state index < -0.39 is 0 Å². The number of fused-ring (bicyclic) bond motifs is 1. The molecule has 0 amide bonds. The molecule has 0 bridgehead atoms. The van der Waals surface area contributed by atoms with Crippen LogP contribution in [0.4, 0.5) is 17.3 Å². The molecule has 0 radical (unpaired) electrons. The lowest BCUT2D eigenvalue weighted by Gasteiger charge is -2.11. The Morgan fingerprint density at radius 2 is 2.00 bits per heavy atom. The van der Waals surface area contributed by atoms with Gasteiger partial charge in [-0.3, -0.25) is 0 Å². The van der Waals surface area contributed by atoms with Crippen molar-refractivity contribution >= 4 is 38.7 Å². The maximum atomic E-state index is 5.86. The van der Waals surface area contributed by atoms with Crippen LogP contribution in [0.5, 0.6) is 0 Å². The third-order valence-corrected chi connectivity index (χ3v) is 3.91. The van der Waals surface area contributed by atoms with Crippen molar-refractivity contribution in [3.8, 4) is 0 Å². The number of nitrogens with two attached hydrogens (primary N) is 1. The molecule has 3 N–H and O–H groups in total. The van der Waals surface area contributed by atoms with Gasteiger partial charge in [-0.1, -0.05) is 0 Å². The van der Waals surface area contributed by atoms with Gasteiger partial charge in [0.25, 0.3) is 0 Å². The topological polar surface area (TPSA) is 63.8 Å². The standard InChI is InChI=1S/C14H14N4S/c1-8-13(15)16-9(2)17-14(8)18-11-3-4-12-10(7-11)5-6-19-12/h3-7H,1-2H3,(H3,15,16,17,18). The summed E-state index contributed by atoms with van der Waals surface area (Å²) in [4.78, 5) is 8.54. The first-order valence-corrected chi connectivity index (χ1v) is 6.86. The van der Waals surface area contributed by atoms with Gasteiger partial charge < -0.3 is 11.1 Å². The van der Waals surface area contributed by atoms with Gasteiger partial charge in [-0.2, -0.15) is 0 Å². The van der Waals surface area contributed by atoms with Crippen molar-refractivity contribution in [3.63, 3.8) is 0 Å². The Morgan fingerprint density at radius 3 is 2.84 bits per heavy atom. The second-order valence-corrected chi connectivity index (χ2v) is 5.38. The van der Waals surface area contributed by atoms with E-state index in [9.17, 15) is 0 Å². The van der Waals surface area contributed by atoms with Crippen LogP contribution in [-0.4, -0.2) is 9.97 Å². The number of hydrogen-bond donors (Lipinski definition) is 2. The van der Waals surface area contributed by atoms with Gasteiger partial charge in [0.1, 0.15) is 17.5 Å². The zero-order valence-corrected chi connectivity index (χ0v) is 11.6. The van der Waals surface area contributed by atoms with Crippen molar-refractivity contribution < 1.29 is 0 Å². The molecule has 3 rings (SSSR count). The third kappa shape index (κ3) is 2.24. The average Bonchev–Trinajstić information content (AvgIpc) is 2.82. The lowest BCUT2D eigenvalue weighted by atomic mass is 10.2. The van der Waals surface area contributed by atoms with E-state index in [4.69, 9.17) is 5.73 Å². The van der Waals surface area contributed by atoms with Gasteiger partial charge in [-0.25, -0.2) is 9.97 Å². The summed E-state index contributed by atoms with van der Waals surface area (Å²) in [7, 11) is 0. The molecule has 1 aromatic carbocycles. The number of nitrogens with zero attached hydrogens (tertiary/aromatic N) is 2. The van der Waals surface area contributed by atoms with Gasteiger partial charge in [0.15, 0.2) is 0 Å². The predicted molar refractivity (Wildman–Crippen MR) is 81.0 cm³/mol. The molecule has 0 unspecified atom stereocenters. The minimum atomic E-state index is 0.520. The van der Waals surface area contributed by atoms with Crippen molar-refractivity contribution in [2.45, 2.75) is 13.8 Å². The Morgan fingerprint density at radius 1 is 1.16 bits per heavy atom. The number of aryl methyl sites for hydroxylation is 1. The number of hydrogen-bond acceptors (Lipinski definition) is 5. The van der Waals surface area contributed by atoms with E-state index >= 15 is 0 Å². The van der Waals surface area contributed by atoms with E-state index in [-0.39, 0.29) is 0 Å². The van der Waals surface area contributed by atoms with E-state index in [0.29, 0.717) is 11.6 Å². The van der Waals surface area contributed by atoms with Gasteiger partial charge in [0.05, 0.1) is 0 Å². The van der Waals surface area contributed by atoms with Crippen LogP contribution in [0, 0.1) is 13.8 Å². The normalized spacial score (nSPS) is 10.8. The molecule has 0 saturated heterocycles. The largest absolute Gasteiger partial charge is 0.383 e. The van der Waals surface area contributed by atoms with E-state index in [2.05, 4.69) is 38.9 Å². The highest BCUT2D eigenvalue weighted by molar-refractivity contribution is 7.17. The summed E-state index contributed by atoms with van der Waals surface area (Å²) in [6.07, 6.45) is 0. The van der Waals surface area contributed by atoms with Gasteiger partial charge >= 0.3 is 0 Å². The van der Waals surface area contributed by atoms with Crippen molar-refractivity contribution in [1.82, 2.24) is 9.97 Å².